The fourth-order valence-electron chi connectivity index (χ4n) is 3.03. The highest BCUT2D eigenvalue weighted by atomic mass is 35.5. The standard InChI is InChI=1S/C21H14Cl2N2O3S/c1-28-16-8-7-13(11-15(16)23)24-19-18(17-6-3-9-29-17)20(26)25(21(19)27)14-5-2-4-12(22)10-14/h2-11,24H,1H3. The molecule has 0 fully saturated rings. The number of ether oxygens (including phenoxy) is 1. The highest BCUT2D eigenvalue weighted by Gasteiger charge is 2.40. The van der Waals surface area contributed by atoms with Gasteiger partial charge in [-0.1, -0.05) is 35.3 Å². The number of carbonyl (C=O) groups is 2. The van der Waals surface area contributed by atoms with E-state index >= 15 is 0 Å². The fraction of sp³-hybridized carbons (Fsp3) is 0.0476. The lowest BCUT2D eigenvalue weighted by Crippen LogP contribution is -2.32. The first-order chi connectivity index (χ1) is 14.0. The highest BCUT2D eigenvalue weighted by molar-refractivity contribution is 7.11. The molecule has 3 aromatic rings. The topological polar surface area (TPSA) is 58.6 Å². The predicted molar refractivity (Wildman–Crippen MR) is 117 cm³/mol. The van der Waals surface area contributed by atoms with Crippen molar-refractivity contribution >= 4 is 63.3 Å². The van der Waals surface area contributed by atoms with Gasteiger partial charge in [0.2, 0.25) is 0 Å². The number of anilines is 2. The van der Waals surface area contributed by atoms with Crippen molar-refractivity contribution in [2.24, 2.45) is 0 Å². The molecule has 29 heavy (non-hydrogen) atoms. The number of amides is 2. The minimum atomic E-state index is -0.465. The number of rotatable bonds is 5. The number of hydrogen-bond acceptors (Lipinski definition) is 5. The fourth-order valence-corrected chi connectivity index (χ4v) is 4.24. The third kappa shape index (κ3) is 3.62. The van der Waals surface area contributed by atoms with Crippen molar-refractivity contribution in [3.63, 3.8) is 0 Å². The zero-order chi connectivity index (χ0) is 20.5. The Kier molecular flexibility index (Phi) is 5.32. The molecule has 1 N–H and O–H groups in total. The van der Waals surface area contributed by atoms with Gasteiger partial charge < -0.3 is 10.1 Å². The van der Waals surface area contributed by atoms with Crippen LogP contribution in [-0.4, -0.2) is 18.9 Å². The maximum atomic E-state index is 13.2. The normalized spacial score (nSPS) is 14.0. The Bertz CT molecular complexity index is 1140. The Morgan fingerprint density at radius 1 is 1.00 bits per heavy atom. The summed E-state index contributed by atoms with van der Waals surface area (Å²) in [6, 6.07) is 15.3. The molecule has 0 aliphatic carbocycles. The van der Waals surface area contributed by atoms with E-state index in [1.165, 1.54) is 18.4 Å². The summed E-state index contributed by atoms with van der Waals surface area (Å²) in [7, 11) is 1.52. The van der Waals surface area contributed by atoms with Gasteiger partial charge in [-0.05, 0) is 47.8 Å². The SMILES string of the molecule is COc1ccc(NC2=C(c3cccs3)C(=O)N(c3cccc(Cl)c3)C2=O)cc1Cl. The molecule has 0 atom stereocenters. The smallest absolute Gasteiger partial charge is 0.282 e. The Balaban J connectivity index is 1.78. The summed E-state index contributed by atoms with van der Waals surface area (Å²) in [5.74, 6) is -0.367. The lowest BCUT2D eigenvalue weighted by atomic mass is 10.2. The number of methoxy groups -OCH3 is 1. The van der Waals surface area contributed by atoms with E-state index in [0.717, 1.165) is 4.90 Å². The highest BCUT2D eigenvalue weighted by Crippen LogP contribution is 2.37. The number of carbonyl (C=O) groups excluding carboxylic acids is 2. The maximum Gasteiger partial charge on any atom is 0.282 e. The molecule has 0 unspecified atom stereocenters. The summed E-state index contributed by atoms with van der Waals surface area (Å²) in [6.07, 6.45) is 0. The molecular weight excluding hydrogens is 431 g/mol. The summed E-state index contributed by atoms with van der Waals surface area (Å²) in [4.78, 5) is 28.3. The van der Waals surface area contributed by atoms with Gasteiger partial charge in [0.15, 0.2) is 0 Å². The van der Waals surface area contributed by atoms with Gasteiger partial charge in [0.25, 0.3) is 11.8 Å². The predicted octanol–water partition coefficient (Wildman–Crippen LogP) is 5.46. The minimum absolute atomic E-state index is 0.179. The molecule has 146 valence electrons. The molecule has 0 saturated carbocycles. The first-order valence-electron chi connectivity index (χ1n) is 8.52. The molecule has 5 nitrogen and oxygen atoms in total. The Morgan fingerprint density at radius 3 is 2.48 bits per heavy atom. The van der Waals surface area contributed by atoms with Crippen LogP contribution < -0.4 is 15.0 Å². The van der Waals surface area contributed by atoms with Gasteiger partial charge in [0, 0.05) is 15.6 Å². The van der Waals surface area contributed by atoms with E-state index in [0.29, 0.717) is 37.6 Å². The third-order valence-electron chi connectivity index (χ3n) is 4.34. The van der Waals surface area contributed by atoms with Crippen LogP contribution in [0.4, 0.5) is 11.4 Å². The second-order valence-corrected chi connectivity index (χ2v) is 7.92. The molecule has 0 spiro atoms. The van der Waals surface area contributed by atoms with Crippen LogP contribution in [0, 0.1) is 0 Å². The van der Waals surface area contributed by atoms with Gasteiger partial charge in [0.1, 0.15) is 11.4 Å². The van der Waals surface area contributed by atoms with E-state index in [-0.39, 0.29) is 5.70 Å². The quantitative estimate of drug-likeness (QED) is 0.530. The molecule has 2 aromatic carbocycles. The number of hydrogen-bond donors (Lipinski definition) is 1. The number of nitrogens with zero attached hydrogens (tertiary/aromatic N) is 1. The number of benzene rings is 2. The second kappa shape index (κ2) is 7.91. The van der Waals surface area contributed by atoms with Gasteiger partial charge in [-0.15, -0.1) is 11.3 Å². The molecule has 0 saturated heterocycles. The summed E-state index contributed by atoms with van der Waals surface area (Å²) in [5.41, 5.74) is 1.45. The number of thiophene rings is 1. The molecule has 1 aliphatic rings. The van der Waals surface area contributed by atoms with Crippen molar-refractivity contribution in [3.05, 3.63) is 80.6 Å². The van der Waals surface area contributed by atoms with Crippen LogP contribution >= 0.6 is 34.5 Å². The lowest BCUT2D eigenvalue weighted by molar-refractivity contribution is -0.120. The van der Waals surface area contributed by atoms with E-state index in [2.05, 4.69) is 5.32 Å². The van der Waals surface area contributed by atoms with E-state index < -0.39 is 11.8 Å². The Hall–Kier alpha value is -2.80. The zero-order valence-electron chi connectivity index (χ0n) is 15.1. The van der Waals surface area contributed by atoms with Gasteiger partial charge in [0.05, 0.1) is 23.4 Å². The molecule has 0 radical (unpaired) electrons. The average Bonchev–Trinajstić information content (AvgIpc) is 3.29. The van der Waals surface area contributed by atoms with Gasteiger partial charge >= 0.3 is 0 Å². The number of halogens is 2. The molecule has 0 bridgehead atoms. The van der Waals surface area contributed by atoms with Crippen LogP contribution in [0.3, 0.4) is 0 Å². The Morgan fingerprint density at radius 2 is 1.83 bits per heavy atom. The number of nitrogens with one attached hydrogen (secondary N) is 1. The van der Waals surface area contributed by atoms with E-state index in [1.807, 2.05) is 11.4 Å². The van der Waals surface area contributed by atoms with Crippen LogP contribution in [0.5, 0.6) is 5.75 Å². The first-order valence-corrected chi connectivity index (χ1v) is 10.2. The van der Waals surface area contributed by atoms with Crippen LogP contribution in [-0.2, 0) is 9.59 Å². The van der Waals surface area contributed by atoms with Gasteiger partial charge in [-0.2, -0.15) is 0 Å². The van der Waals surface area contributed by atoms with E-state index in [4.69, 9.17) is 27.9 Å². The van der Waals surface area contributed by atoms with Crippen LogP contribution in [0.1, 0.15) is 4.88 Å². The summed E-state index contributed by atoms with van der Waals surface area (Å²) in [5, 5.41) is 5.74. The monoisotopic (exact) mass is 444 g/mol. The molecule has 1 aromatic heterocycles. The lowest BCUT2D eigenvalue weighted by Gasteiger charge is -2.15. The number of imide groups is 1. The van der Waals surface area contributed by atoms with E-state index in [1.54, 1.807) is 48.5 Å². The van der Waals surface area contributed by atoms with Crippen molar-refractivity contribution in [1.29, 1.82) is 0 Å². The average molecular weight is 445 g/mol. The molecule has 8 heteroatoms. The third-order valence-corrected chi connectivity index (χ3v) is 5.76. The molecule has 2 heterocycles. The van der Waals surface area contributed by atoms with Crippen molar-refractivity contribution in [3.8, 4) is 5.75 Å². The van der Waals surface area contributed by atoms with Crippen LogP contribution in [0.25, 0.3) is 5.57 Å². The van der Waals surface area contributed by atoms with Gasteiger partial charge in [-0.3, -0.25) is 9.59 Å². The molecular formula is C21H14Cl2N2O3S. The van der Waals surface area contributed by atoms with Crippen molar-refractivity contribution in [1.82, 2.24) is 0 Å². The van der Waals surface area contributed by atoms with Crippen molar-refractivity contribution in [2.45, 2.75) is 0 Å². The van der Waals surface area contributed by atoms with E-state index in [9.17, 15) is 9.59 Å². The summed E-state index contributed by atoms with van der Waals surface area (Å²) >= 11 is 13.6. The van der Waals surface area contributed by atoms with Crippen molar-refractivity contribution < 1.29 is 14.3 Å². The largest absolute Gasteiger partial charge is 0.495 e. The minimum Gasteiger partial charge on any atom is -0.495 e. The van der Waals surface area contributed by atoms with Crippen molar-refractivity contribution in [2.75, 3.05) is 17.3 Å². The summed E-state index contributed by atoms with van der Waals surface area (Å²) < 4.78 is 5.16. The van der Waals surface area contributed by atoms with Crippen LogP contribution in [0.2, 0.25) is 10.0 Å². The molecule has 1 aliphatic heterocycles. The molecule has 4 rings (SSSR count). The second-order valence-electron chi connectivity index (χ2n) is 6.13. The zero-order valence-corrected chi connectivity index (χ0v) is 17.4. The first kappa shape index (κ1) is 19.5. The summed E-state index contributed by atoms with van der Waals surface area (Å²) in [6.45, 7) is 0. The molecule has 2 amide bonds. The Labute approximate surface area is 181 Å². The maximum absolute atomic E-state index is 13.2. The van der Waals surface area contributed by atoms with Gasteiger partial charge in [-0.25, -0.2) is 4.90 Å². The van der Waals surface area contributed by atoms with Crippen LogP contribution in [0.15, 0.2) is 65.7 Å².